The van der Waals surface area contributed by atoms with Crippen molar-refractivity contribution in [3.05, 3.63) is 33.4 Å². The molecule has 8 heteroatoms. The lowest BCUT2D eigenvalue weighted by molar-refractivity contribution is -0.128. The smallest absolute Gasteiger partial charge is 0.263 e. The first-order valence-electron chi connectivity index (χ1n) is 9.42. The largest absolute Gasteiger partial charge is 0.344 e. The number of thioether (sulfide) groups is 1. The van der Waals surface area contributed by atoms with E-state index in [9.17, 15) is 9.59 Å². The lowest BCUT2D eigenvalue weighted by Gasteiger charge is -2.20. The standard InChI is InChI=1S/C20H24N4O2S2/c1-4-11-24-19(26)16-14-8-5-6-9-15(14)28-17(16)22-20(24)27-13(2)18(25)23(3)12-7-10-21/h4,13H,1,5-9,11-12H2,2-3H3/t13-/m1/s1. The Hall–Kier alpha value is -2.11. The van der Waals surface area contributed by atoms with Crippen LogP contribution in [0.4, 0.5) is 0 Å². The third kappa shape index (κ3) is 4.01. The molecule has 0 N–H and O–H groups in total. The summed E-state index contributed by atoms with van der Waals surface area (Å²) >= 11 is 2.90. The second-order valence-electron chi connectivity index (χ2n) is 6.92. The molecule has 2 heterocycles. The summed E-state index contributed by atoms with van der Waals surface area (Å²) in [4.78, 5) is 34.2. The van der Waals surface area contributed by atoms with Crippen LogP contribution in [0.5, 0.6) is 0 Å². The molecule has 0 aliphatic heterocycles. The molecule has 1 aliphatic carbocycles. The molecule has 2 aromatic heterocycles. The molecule has 2 aromatic rings. The zero-order chi connectivity index (χ0) is 20.3. The van der Waals surface area contributed by atoms with E-state index in [1.54, 1.807) is 33.9 Å². The number of rotatable bonds is 7. The summed E-state index contributed by atoms with van der Waals surface area (Å²) < 4.78 is 1.63. The van der Waals surface area contributed by atoms with Gasteiger partial charge in [-0.15, -0.1) is 17.9 Å². The van der Waals surface area contributed by atoms with E-state index >= 15 is 0 Å². The average molecular weight is 417 g/mol. The summed E-state index contributed by atoms with van der Waals surface area (Å²) in [5.74, 6) is -0.0785. The Kier molecular flexibility index (Phi) is 6.57. The van der Waals surface area contributed by atoms with Crippen LogP contribution in [0.1, 0.15) is 36.6 Å². The van der Waals surface area contributed by atoms with E-state index in [-0.39, 0.29) is 11.5 Å². The fourth-order valence-electron chi connectivity index (χ4n) is 3.45. The molecular formula is C20H24N4O2S2. The zero-order valence-electron chi connectivity index (χ0n) is 16.2. The molecule has 1 amide bonds. The number of thiophene rings is 1. The van der Waals surface area contributed by atoms with Gasteiger partial charge in [0.2, 0.25) is 5.91 Å². The van der Waals surface area contributed by atoms with Gasteiger partial charge < -0.3 is 4.90 Å². The van der Waals surface area contributed by atoms with E-state index < -0.39 is 5.25 Å². The van der Waals surface area contributed by atoms with E-state index in [4.69, 9.17) is 10.2 Å². The predicted octanol–water partition coefficient (Wildman–Crippen LogP) is 3.38. The second kappa shape index (κ2) is 8.93. The average Bonchev–Trinajstić information content (AvgIpc) is 3.06. The molecule has 0 bridgehead atoms. The molecule has 3 rings (SSSR count). The number of amides is 1. The summed E-state index contributed by atoms with van der Waals surface area (Å²) in [6.45, 7) is 6.33. The third-order valence-corrected chi connectivity index (χ3v) is 7.18. The van der Waals surface area contributed by atoms with Gasteiger partial charge in [-0.1, -0.05) is 17.8 Å². The van der Waals surface area contributed by atoms with E-state index in [0.717, 1.165) is 35.9 Å². The van der Waals surface area contributed by atoms with Crippen molar-refractivity contribution >= 4 is 39.2 Å². The van der Waals surface area contributed by atoms with Crippen LogP contribution in [0.2, 0.25) is 0 Å². The minimum Gasteiger partial charge on any atom is -0.344 e. The molecule has 0 saturated heterocycles. The van der Waals surface area contributed by atoms with Crippen LogP contribution < -0.4 is 5.56 Å². The predicted molar refractivity (Wildman–Crippen MR) is 114 cm³/mol. The summed E-state index contributed by atoms with van der Waals surface area (Å²) in [5.41, 5.74) is 1.13. The summed E-state index contributed by atoms with van der Waals surface area (Å²) in [6, 6.07) is 2.05. The molecule has 0 unspecified atom stereocenters. The maximum atomic E-state index is 13.2. The number of carbonyl (C=O) groups excluding carboxylic acids is 1. The van der Waals surface area contributed by atoms with Gasteiger partial charge in [0.05, 0.1) is 23.1 Å². The van der Waals surface area contributed by atoms with Crippen LogP contribution in [0, 0.1) is 11.3 Å². The molecule has 0 radical (unpaired) electrons. The van der Waals surface area contributed by atoms with Gasteiger partial charge in [-0.3, -0.25) is 14.2 Å². The van der Waals surface area contributed by atoms with Crippen molar-refractivity contribution in [2.24, 2.45) is 0 Å². The van der Waals surface area contributed by atoms with Crippen molar-refractivity contribution in [1.82, 2.24) is 14.5 Å². The fourth-order valence-corrected chi connectivity index (χ4v) is 5.78. The molecular weight excluding hydrogens is 392 g/mol. The number of hydrogen-bond acceptors (Lipinski definition) is 6. The molecule has 6 nitrogen and oxygen atoms in total. The highest BCUT2D eigenvalue weighted by molar-refractivity contribution is 8.00. The number of carbonyl (C=O) groups is 1. The molecule has 1 atom stereocenters. The van der Waals surface area contributed by atoms with Crippen LogP contribution in [-0.4, -0.2) is 39.2 Å². The van der Waals surface area contributed by atoms with E-state index in [2.05, 4.69) is 12.6 Å². The Bertz CT molecular complexity index is 1000. The van der Waals surface area contributed by atoms with Crippen molar-refractivity contribution in [2.45, 2.75) is 56.0 Å². The Morgan fingerprint density at radius 1 is 1.50 bits per heavy atom. The number of nitriles is 1. The highest BCUT2D eigenvalue weighted by atomic mass is 32.2. The van der Waals surface area contributed by atoms with Crippen molar-refractivity contribution < 1.29 is 4.79 Å². The van der Waals surface area contributed by atoms with E-state index in [1.807, 2.05) is 6.92 Å². The Labute approximate surface area is 172 Å². The number of nitrogens with zero attached hydrogens (tertiary/aromatic N) is 4. The quantitative estimate of drug-likeness (QED) is 0.393. The van der Waals surface area contributed by atoms with Crippen LogP contribution in [0.15, 0.2) is 22.6 Å². The molecule has 0 spiro atoms. The van der Waals surface area contributed by atoms with E-state index in [0.29, 0.717) is 24.7 Å². The highest BCUT2D eigenvalue weighted by Gasteiger charge is 2.25. The summed E-state index contributed by atoms with van der Waals surface area (Å²) in [6.07, 6.45) is 6.19. The third-order valence-electron chi connectivity index (χ3n) is 4.92. The lowest BCUT2D eigenvalue weighted by Crippen LogP contribution is -2.34. The Morgan fingerprint density at radius 2 is 2.25 bits per heavy atom. The van der Waals surface area contributed by atoms with E-state index in [1.165, 1.54) is 22.2 Å². The Morgan fingerprint density at radius 3 is 2.96 bits per heavy atom. The molecule has 0 saturated carbocycles. The molecule has 148 valence electrons. The summed E-state index contributed by atoms with van der Waals surface area (Å²) in [7, 11) is 1.69. The van der Waals surface area contributed by atoms with Crippen molar-refractivity contribution in [2.75, 3.05) is 13.6 Å². The van der Waals surface area contributed by atoms with Gasteiger partial charge in [0.25, 0.3) is 5.56 Å². The fraction of sp³-hybridized carbons (Fsp3) is 0.500. The molecule has 0 aromatic carbocycles. The first kappa shape index (κ1) is 20.6. The van der Waals surface area contributed by atoms with Gasteiger partial charge in [-0.2, -0.15) is 5.26 Å². The van der Waals surface area contributed by atoms with Gasteiger partial charge in [-0.25, -0.2) is 4.98 Å². The molecule has 28 heavy (non-hydrogen) atoms. The number of hydrogen-bond donors (Lipinski definition) is 0. The van der Waals surface area contributed by atoms with Crippen LogP contribution >= 0.6 is 23.1 Å². The Balaban J connectivity index is 1.97. The summed E-state index contributed by atoms with van der Waals surface area (Å²) in [5, 5.41) is 9.61. The minimum atomic E-state index is -0.404. The number of fused-ring (bicyclic) bond motifs is 3. The van der Waals surface area contributed by atoms with Crippen molar-refractivity contribution in [3.63, 3.8) is 0 Å². The van der Waals surface area contributed by atoms with Crippen LogP contribution in [-0.2, 0) is 24.2 Å². The lowest BCUT2D eigenvalue weighted by atomic mass is 9.97. The van der Waals surface area contributed by atoms with Crippen molar-refractivity contribution in [1.29, 1.82) is 5.26 Å². The van der Waals surface area contributed by atoms with Gasteiger partial charge in [-0.05, 0) is 38.2 Å². The monoisotopic (exact) mass is 416 g/mol. The topological polar surface area (TPSA) is 79.0 Å². The second-order valence-corrected chi connectivity index (χ2v) is 9.31. The number of allylic oxidation sites excluding steroid dienone is 1. The first-order valence-corrected chi connectivity index (χ1v) is 11.1. The maximum absolute atomic E-state index is 13.2. The SMILES string of the molecule is C=CCn1c(S[C@H](C)C(=O)N(C)CCC#N)nc2sc3c(c2c1=O)CCCC3. The van der Waals surface area contributed by atoms with Crippen molar-refractivity contribution in [3.8, 4) is 6.07 Å². The highest BCUT2D eigenvalue weighted by Crippen LogP contribution is 2.35. The number of aryl methyl sites for hydroxylation is 2. The molecule has 1 aliphatic rings. The minimum absolute atomic E-state index is 0.0377. The molecule has 0 fully saturated rings. The maximum Gasteiger partial charge on any atom is 0.263 e. The van der Waals surface area contributed by atoms with Gasteiger partial charge in [0.1, 0.15) is 4.83 Å². The zero-order valence-corrected chi connectivity index (χ0v) is 17.9. The van der Waals surface area contributed by atoms with Crippen LogP contribution in [0.25, 0.3) is 10.2 Å². The van der Waals surface area contributed by atoms with Crippen LogP contribution in [0.3, 0.4) is 0 Å². The first-order chi connectivity index (χ1) is 13.5. The number of aromatic nitrogens is 2. The normalized spacial score (nSPS) is 14.3. The van der Waals surface area contributed by atoms with Gasteiger partial charge in [0, 0.05) is 25.0 Å². The van der Waals surface area contributed by atoms with Gasteiger partial charge >= 0.3 is 0 Å². The van der Waals surface area contributed by atoms with Gasteiger partial charge in [0.15, 0.2) is 5.16 Å².